The summed E-state index contributed by atoms with van der Waals surface area (Å²) in [6, 6.07) is 9.29. The molecule has 0 bridgehead atoms. The lowest BCUT2D eigenvalue weighted by molar-refractivity contribution is 0.502. The molecule has 0 saturated carbocycles. The van der Waals surface area contributed by atoms with E-state index in [9.17, 15) is 8.78 Å². The van der Waals surface area contributed by atoms with E-state index in [1.165, 1.54) is 6.07 Å². The van der Waals surface area contributed by atoms with Crippen molar-refractivity contribution < 1.29 is 8.78 Å². The zero-order valence-electron chi connectivity index (χ0n) is 11.5. The van der Waals surface area contributed by atoms with Gasteiger partial charge < -0.3 is 5.32 Å². The molecular weight excluding hydrogens is 315 g/mol. The molecule has 0 heterocycles. The number of hydrogen-bond donors (Lipinski definition) is 1. The van der Waals surface area contributed by atoms with Gasteiger partial charge in [-0.25, -0.2) is 8.78 Å². The average molecular weight is 330 g/mol. The predicted molar refractivity (Wildman–Crippen MR) is 82.9 cm³/mol. The Labute approximate surface area is 132 Å². The Bertz CT molecular complexity index is 632. The summed E-state index contributed by atoms with van der Waals surface area (Å²) in [7, 11) is 0. The minimum absolute atomic E-state index is 0.0466. The van der Waals surface area contributed by atoms with Crippen molar-refractivity contribution in [2.45, 2.75) is 19.4 Å². The smallest absolute Gasteiger partial charge is 0.159 e. The molecule has 0 amide bonds. The molecule has 112 valence electrons. The number of likely N-dealkylation sites (N-methyl/N-ethyl adjacent to an activating group) is 1. The van der Waals surface area contributed by atoms with Crippen molar-refractivity contribution in [1.82, 2.24) is 5.32 Å². The first-order chi connectivity index (χ1) is 10.0. The molecule has 0 radical (unpaired) electrons. The Balaban J connectivity index is 2.25. The lowest BCUT2D eigenvalue weighted by atomic mass is 9.98. The van der Waals surface area contributed by atoms with Gasteiger partial charge in [-0.15, -0.1) is 0 Å². The third-order valence-corrected chi connectivity index (χ3v) is 3.96. The van der Waals surface area contributed by atoms with Crippen LogP contribution >= 0.6 is 23.2 Å². The number of benzene rings is 2. The predicted octanol–water partition coefficient (Wildman–Crippen LogP) is 5.16. The summed E-state index contributed by atoms with van der Waals surface area (Å²) in [6.07, 6.45) is 0.531. The number of rotatable bonds is 5. The maximum Gasteiger partial charge on any atom is 0.159 e. The molecule has 1 unspecified atom stereocenters. The van der Waals surface area contributed by atoms with Gasteiger partial charge in [0.2, 0.25) is 0 Å². The van der Waals surface area contributed by atoms with Crippen LogP contribution in [0.2, 0.25) is 10.0 Å². The van der Waals surface area contributed by atoms with E-state index in [1.807, 2.05) is 13.0 Å². The van der Waals surface area contributed by atoms with Gasteiger partial charge >= 0.3 is 0 Å². The molecule has 21 heavy (non-hydrogen) atoms. The summed E-state index contributed by atoms with van der Waals surface area (Å²) in [5.41, 5.74) is 1.67. The first-order valence-electron chi connectivity index (χ1n) is 6.63. The first-order valence-corrected chi connectivity index (χ1v) is 7.39. The molecule has 1 atom stereocenters. The maximum atomic E-state index is 13.3. The highest BCUT2D eigenvalue weighted by Crippen LogP contribution is 2.27. The molecule has 1 nitrogen and oxygen atoms in total. The van der Waals surface area contributed by atoms with E-state index in [4.69, 9.17) is 23.2 Å². The molecule has 2 aromatic carbocycles. The minimum atomic E-state index is -0.840. The molecule has 0 aromatic heterocycles. The van der Waals surface area contributed by atoms with Crippen LogP contribution in [-0.4, -0.2) is 6.54 Å². The molecule has 0 fully saturated rings. The van der Waals surface area contributed by atoms with Crippen LogP contribution in [0.4, 0.5) is 8.78 Å². The van der Waals surface area contributed by atoms with Crippen LogP contribution in [0.25, 0.3) is 0 Å². The summed E-state index contributed by atoms with van der Waals surface area (Å²) in [4.78, 5) is 0. The maximum absolute atomic E-state index is 13.3. The van der Waals surface area contributed by atoms with Crippen LogP contribution < -0.4 is 5.32 Å². The molecule has 0 aliphatic rings. The van der Waals surface area contributed by atoms with Crippen LogP contribution in [0.3, 0.4) is 0 Å². The highest BCUT2D eigenvalue weighted by molar-refractivity contribution is 6.42. The number of nitrogens with one attached hydrogen (secondary N) is 1. The Morgan fingerprint density at radius 2 is 1.76 bits per heavy atom. The highest BCUT2D eigenvalue weighted by atomic mass is 35.5. The van der Waals surface area contributed by atoms with Crippen LogP contribution in [-0.2, 0) is 6.42 Å². The summed E-state index contributed by atoms with van der Waals surface area (Å²) >= 11 is 12.0. The van der Waals surface area contributed by atoms with E-state index >= 15 is 0 Å². The van der Waals surface area contributed by atoms with E-state index in [0.29, 0.717) is 22.0 Å². The SMILES string of the molecule is CCNC(Cc1ccc(F)c(F)c1)c1ccc(Cl)c(Cl)c1. The molecule has 2 rings (SSSR count). The summed E-state index contributed by atoms with van der Waals surface area (Å²) in [6.45, 7) is 2.73. The molecule has 0 aliphatic heterocycles. The fourth-order valence-electron chi connectivity index (χ4n) is 2.19. The zero-order chi connectivity index (χ0) is 15.4. The Kier molecular flexibility index (Phi) is 5.57. The third kappa shape index (κ3) is 4.16. The number of halogens is 4. The van der Waals surface area contributed by atoms with Gasteiger partial charge in [0.25, 0.3) is 0 Å². The second-order valence-electron chi connectivity index (χ2n) is 4.74. The van der Waals surface area contributed by atoms with Gasteiger partial charge in [-0.3, -0.25) is 0 Å². The van der Waals surface area contributed by atoms with Crippen molar-refractivity contribution in [3.8, 4) is 0 Å². The van der Waals surface area contributed by atoms with E-state index in [2.05, 4.69) is 5.32 Å². The Hall–Kier alpha value is -1.16. The fraction of sp³-hybridized carbons (Fsp3) is 0.250. The molecular formula is C16H15Cl2F2N. The van der Waals surface area contributed by atoms with Gasteiger partial charge in [0.15, 0.2) is 11.6 Å². The molecule has 5 heteroatoms. The van der Waals surface area contributed by atoms with Gasteiger partial charge in [0.1, 0.15) is 0 Å². The highest BCUT2D eigenvalue weighted by Gasteiger charge is 2.14. The summed E-state index contributed by atoms with van der Waals surface area (Å²) in [5.74, 6) is -1.68. The summed E-state index contributed by atoms with van der Waals surface area (Å²) in [5, 5.41) is 4.27. The summed E-state index contributed by atoms with van der Waals surface area (Å²) < 4.78 is 26.3. The first kappa shape index (κ1) is 16.2. The largest absolute Gasteiger partial charge is 0.310 e. The monoisotopic (exact) mass is 329 g/mol. The quantitative estimate of drug-likeness (QED) is 0.798. The normalized spacial score (nSPS) is 12.4. The van der Waals surface area contributed by atoms with Gasteiger partial charge in [0.05, 0.1) is 10.0 Å². The lowest BCUT2D eigenvalue weighted by Crippen LogP contribution is -2.23. The Morgan fingerprint density at radius 1 is 1.00 bits per heavy atom. The van der Waals surface area contributed by atoms with Gasteiger partial charge in [0, 0.05) is 6.04 Å². The Morgan fingerprint density at radius 3 is 2.38 bits per heavy atom. The van der Waals surface area contributed by atoms with Crippen molar-refractivity contribution in [3.63, 3.8) is 0 Å². The van der Waals surface area contributed by atoms with Crippen LogP contribution in [0.15, 0.2) is 36.4 Å². The van der Waals surface area contributed by atoms with Gasteiger partial charge in [-0.1, -0.05) is 42.3 Å². The lowest BCUT2D eigenvalue weighted by Gasteiger charge is -2.19. The molecule has 0 aliphatic carbocycles. The standard InChI is InChI=1S/C16H15Cl2F2N/c1-2-21-16(11-4-5-12(17)13(18)9-11)8-10-3-6-14(19)15(20)7-10/h3-7,9,16,21H,2,8H2,1H3. The van der Waals surface area contributed by atoms with Crippen LogP contribution in [0.1, 0.15) is 24.1 Å². The van der Waals surface area contributed by atoms with Crippen molar-refractivity contribution in [2.24, 2.45) is 0 Å². The van der Waals surface area contributed by atoms with Crippen LogP contribution in [0, 0.1) is 11.6 Å². The molecule has 2 aromatic rings. The van der Waals surface area contributed by atoms with E-state index < -0.39 is 11.6 Å². The second kappa shape index (κ2) is 7.21. The zero-order valence-corrected chi connectivity index (χ0v) is 13.0. The van der Waals surface area contributed by atoms with E-state index in [1.54, 1.807) is 18.2 Å². The molecule has 0 spiro atoms. The van der Waals surface area contributed by atoms with E-state index in [0.717, 1.165) is 18.2 Å². The van der Waals surface area contributed by atoms with Crippen molar-refractivity contribution in [3.05, 3.63) is 69.2 Å². The average Bonchev–Trinajstić information content (AvgIpc) is 2.45. The van der Waals surface area contributed by atoms with Crippen molar-refractivity contribution in [2.75, 3.05) is 6.54 Å². The van der Waals surface area contributed by atoms with Gasteiger partial charge in [-0.2, -0.15) is 0 Å². The minimum Gasteiger partial charge on any atom is -0.310 e. The molecule has 0 saturated heterocycles. The number of hydrogen-bond acceptors (Lipinski definition) is 1. The van der Waals surface area contributed by atoms with Crippen molar-refractivity contribution in [1.29, 1.82) is 0 Å². The topological polar surface area (TPSA) is 12.0 Å². The van der Waals surface area contributed by atoms with E-state index in [-0.39, 0.29) is 6.04 Å². The third-order valence-electron chi connectivity index (χ3n) is 3.22. The van der Waals surface area contributed by atoms with Crippen LogP contribution in [0.5, 0.6) is 0 Å². The second-order valence-corrected chi connectivity index (χ2v) is 5.55. The van der Waals surface area contributed by atoms with Crippen molar-refractivity contribution >= 4 is 23.2 Å². The fourth-order valence-corrected chi connectivity index (χ4v) is 2.49. The van der Waals surface area contributed by atoms with Gasteiger partial charge in [-0.05, 0) is 48.4 Å². The molecule has 1 N–H and O–H groups in total.